The second-order valence-corrected chi connectivity index (χ2v) is 6.23. The molecule has 1 aromatic heterocycles. The van der Waals surface area contributed by atoms with E-state index < -0.39 is 0 Å². The molecule has 0 unspecified atom stereocenters. The molecule has 0 spiro atoms. The van der Waals surface area contributed by atoms with Gasteiger partial charge in [-0.3, -0.25) is 0 Å². The summed E-state index contributed by atoms with van der Waals surface area (Å²) in [6.45, 7) is 7.47. The van der Waals surface area contributed by atoms with Crippen LogP contribution in [-0.2, 0) is 16.8 Å². The third kappa shape index (κ3) is 3.73. The minimum absolute atomic E-state index is 0.291. The molecule has 118 valence electrons. The molecule has 0 aliphatic heterocycles. The summed E-state index contributed by atoms with van der Waals surface area (Å²) >= 11 is 0. The van der Waals surface area contributed by atoms with Gasteiger partial charge in [0.25, 0.3) is 0 Å². The largest absolute Gasteiger partial charge is 0.370 e. The zero-order chi connectivity index (χ0) is 15.3. The van der Waals surface area contributed by atoms with Crippen molar-refractivity contribution in [3.05, 3.63) is 17.6 Å². The van der Waals surface area contributed by atoms with Crippen molar-refractivity contribution in [1.29, 1.82) is 0 Å². The van der Waals surface area contributed by atoms with E-state index in [-0.39, 0.29) is 5.60 Å². The van der Waals surface area contributed by atoms with E-state index in [1.165, 1.54) is 12.8 Å². The first kappa shape index (κ1) is 16.2. The van der Waals surface area contributed by atoms with Crippen molar-refractivity contribution in [3.8, 4) is 0 Å². The van der Waals surface area contributed by atoms with Gasteiger partial charge in [0.1, 0.15) is 11.4 Å². The van der Waals surface area contributed by atoms with Gasteiger partial charge in [0.2, 0.25) is 0 Å². The minimum Gasteiger partial charge on any atom is -0.370 e. The average molecular weight is 291 g/mol. The summed E-state index contributed by atoms with van der Waals surface area (Å²) in [6.07, 6.45) is 6.50. The molecule has 1 N–H and O–H groups in total. The number of aromatic nitrogens is 2. The molecule has 1 fully saturated rings. The van der Waals surface area contributed by atoms with Gasteiger partial charge in [-0.25, -0.2) is 9.97 Å². The Balaban J connectivity index is 2.35. The second kappa shape index (κ2) is 7.21. The van der Waals surface area contributed by atoms with Gasteiger partial charge in [-0.05, 0) is 44.9 Å². The van der Waals surface area contributed by atoms with E-state index in [9.17, 15) is 0 Å². The average Bonchev–Trinajstić information content (AvgIpc) is 2.49. The first-order valence-electron chi connectivity index (χ1n) is 8.31. The molecule has 0 amide bonds. The van der Waals surface area contributed by atoms with Crippen LogP contribution in [0, 0.1) is 5.92 Å². The molecular weight excluding hydrogens is 262 g/mol. The molecule has 4 nitrogen and oxygen atoms in total. The summed E-state index contributed by atoms with van der Waals surface area (Å²) in [5.74, 6) is 2.58. The highest BCUT2D eigenvalue weighted by Gasteiger charge is 2.39. The quantitative estimate of drug-likeness (QED) is 0.863. The molecule has 21 heavy (non-hydrogen) atoms. The molecule has 1 aliphatic rings. The Kier molecular flexibility index (Phi) is 5.57. The number of nitrogens with one attached hydrogen (secondary N) is 1. The molecule has 0 radical (unpaired) electrons. The van der Waals surface area contributed by atoms with Gasteiger partial charge >= 0.3 is 0 Å². The van der Waals surface area contributed by atoms with Crippen LogP contribution in [0.1, 0.15) is 64.4 Å². The lowest BCUT2D eigenvalue weighted by Crippen LogP contribution is -2.35. The van der Waals surface area contributed by atoms with E-state index in [0.717, 1.165) is 55.5 Å². The van der Waals surface area contributed by atoms with Crippen LogP contribution in [0.2, 0.25) is 0 Å². The van der Waals surface area contributed by atoms with Crippen LogP contribution in [0.5, 0.6) is 0 Å². The standard InChI is InChI=1S/C17H29N3O/c1-5-7-14-12-15(18-6-2)20-16(19-14)17(21-4)10-8-13(3)9-11-17/h12-13H,5-11H2,1-4H3,(H,18,19,20). The molecule has 1 aromatic rings. The van der Waals surface area contributed by atoms with Crippen LogP contribution < -0.4 is 5.32 Å². The van der Waals surface area contributed by atoms with E-state index in [4.69, 9.17) is 14.7 Å². The first-order chi connectivity index (χ1) is 10.1. The Labute approximate surface area is 128 Å². The third-order valence-corrected chi connectivity index (χ3v) is 4.52. The number of hydrogen-bond donors (Lipinski definition) is 1. The molecule has 1 aliphatic carbocycles. The Bertz CT molecular complexity index is 429. The Hall–Kier alpha value is -1.16. The molecule has 4 heteroatoms. The summed E-state index contributed by atoms with van der Waals surface area (Å²) in [5.41, 5.74) is 0.828. The number of anilines is 1. The van der Waals surface area contributed by atoms with Crippen molar-refractivity contribution in [3.63, 3.8) is 0 Å². The molecule has 0 atom stereocenters. The third-order valence-electron chi connectivity index (χ3n) is 4.52. The number of nitrogens with zero attached hydrogens (tertiary/aromatic N) is 2. The van der Waals surface area contributed by atoms with Crippen molar-refractivity contribution in [2.75, 3.05) is 19.0 Å². The van der Waals surface area contributed by atoms with Crippen molar-refractivity contribution in [2.24, 2.45) is 5.92 Å². The van der Waals surface area contributed by atoms with E-state index >= 15 is 0 Å². The van der Waals surface area contributed by atoms with Crippen LogP contribution in [0.4, 0.5) is 5.82 Å². The summed E-state index contributed by atoms with van der Waals surface area (Å²) in [6, 6.07) is 2.07. The number of aryl methyl sites for hydroxylation is 1. The molecule has 1 saturated carbocycles. The van der Waals surface area contributed by atoms with Crippen molar-refractivity contribution in [1.82, 2.24) is 9.97 Å². The second-order valence-electron chi connectivity index (χ2n) is 6.23. The minimum atomic E-state index is -0.291. The highest BCUT2D eigenvalue weighted by atomic mass is 16.5. The van der Waals surface area contributed by atoms with Crippen LogP contribution in [0.25, 0.3) is 0 Å². The zero-order valence-electron chi connectivity index (χ0n) is 13.9. The van der Waals surface area contributed by atoms with Crippen LogP contribution in [0.15, 0.2) is 6.07 Å². The van der Waals surface area contributed by atoms with Gasteiger partial charge in [-0.1, -0.05) is 20.3 Å². The molecule has 1 heterocycles. The summed E-state index contributed by atoms with van der Waals surface area (Å²) in [7, 11) is 1.80. The summed E-state index contributed by atoms with van der Waals surface area (Å²) in [5, 5.41) is 3.33. The molecule has 0 aromatic carbocycles. The SMILES string of the molecule is CCCc1cc(NCC)nc(C2(OC)CCC(C)CC2)n1. The molecule has 2 rings (SSSR count). The van der Waals surface area contributed by atoms with E-state index in [0.29, 0.717) is 0 Å². The smallest absolute Gasteiger partial charge is 0.162 e. The van der Waals surface area contributed by atoms with Gasteiger partial charge in [-0.15, -0.1) is 0 Å². The van der Waals surface area contributed by atoms with Gasteiger partial charge in [0, 0.05) is 25.4 Å². The topological polar surface area (TPSA) is 47.0 Å². The predicted octanol–water partition coefficient (Wildman–Crippen LogP) is 3.91. The molecular formula is C17H29N3O. The lowest BCUT2D eigenvalue weighted by Gasteiger charge is -2.37. The van der Waals surface area contributed by atoms with E-state index in [1.807, 2.05) is 0 Å². The first-order valence-corrected chi connectivity index (χ1v) is 8.31. The maximum atomic E-state index is 5.93. The van der Waals surface area contributed by atoms with Crippen molar-refractivity contribution < 1.29 is 4.74 Å². The monoisotopic (exact) mass is 291 g/mol. The highest BCUT2D eigenvalue weighted by molar-refractivity contribution is 5.37. The maximum absolute atomic E-state index is 5.93. The Morgan fingerprint density at radius 3 is 2.57 bits per heavy atom. The molecule has 0 bridgehead atoms. The fraction of sp³-hybridized carbons (Fsp3) is 0.765. The van der Waals surface area contributed by atoms with Crippen LogP contribution in [0.3, 0.4) is 0 Å². The van der Waals surface area contributed by atoms with Gasteiger partial charge in [-0.2, -0.15) is 0 Å². The fourth-order valence-electron chi connectivity index (χ4n) is 3.10. The number of hydrogen-bond acceptors (Lipinski definition) is 4. The Morgan fingerprint density at radius 2 is 2.00 bits per heavy atom. The van der Waals surface area contributed by atoms with Crippen LogP contribution in [-0.4, -0.2) is 23.6 Å². The maximum Gasteiger partial charge on any atom is 0.162 e. The number of ether oxygens (including phenoxy) is 1. The summed E-state index contributed by atoms with van der Waals surface area (Å²) in [4.78, 5) is 9.57. The molecule has 0 saturated heterocycles. The number of methoxy groups -OCH3 is 1. The lowest BCUT2D eigenvalue weighted by molar-refractivity contribution is -0.0597. The highest BCUT2D eigenvalue weighted by Crippen LogP contribution is 2.40. The van der Waals surface area contributed by atoms with E-state index in [2.05, 4.69) is 32.2 Å². The van der Waals surface area contributed by atoms with Crippen molar-refractivity contribution in [2.45, 2.75) is 64.9 Å². The van der Waals surface area contributed by atoms with Crippen molar-refractivity contribution >= 4 is 5.82 Å². The van der Waals surface area contributed by atoms with Crippen LogP contribution >= 0.6 is 0 Å². The van der Waals surface area contributed by atoms with E-state index in [1.54, 1.807) is 7.11 Å². The number of rotatable bonds is 6. The fourth-order valence-corrected chi connectivity index (χ4v) is 3.10. The normalized spacial score (nSPS) is 25.8. The summed E-state index contributed by atoms with van der Waals surface area (Å²) < 4.78 is 5.93. The van der Waals surface area contributed by atoms with Gasteiger partial charge in [0.15, 0.2) is 5.82 Å². The zero-order valence-corrected chi connectivity index (χ0v) is 13.9. The predicted molar refractivity (Wildman–Crippen MR) is 86.5 cm³/mol. The lowest BCUT2D eigenvalue weighted by atomic mass is 9.79. The van der Waals surface area contributed by atoms with Gasteiger partial charge in [0.05, 0.1) is 0 Å². The van der Waals surface area contributed by atoms with Gasteiger partial charge < -0.3 is 10.1 Å². The Morgan fingerprint density at radius 1 is 1.29 bits per heavy atom.